The van der Waals surface area contributed by atoms with Crippen LogP contribution in [0.15, 0.2) is 12.1 Å². The second kappa shape index (κ2) is 4.49. The van der Waals surface area contributed by atoms with Gasteiger partial charge in [-0.05, 0) is 17.7 Å². The Balaban J connectivity index is 3.20. The molecule has 13 heavy (non-hydrogen) atoms. The quantitative estimate of drug-likeness (QED) is 0.780. The third-order valence-electron chi connectivity index (χ3n) is 1.67. The number of nitrogens with two attached hydrogens (primary N) is 2. The second-order valence-corrected chi connectivity index (χ2v) is 3.85. The van der Waals surface area contributed by atoms with Gasteiger partial charge in [0.15, 0.2) is 0 Å². The molecule has 0 saturated heterocycles. The van der Waals surface area contributed by atoms with E-state index in [2.05, 4.69) is 0 Å². The first-order valence-corrected chi connectivity index (χ1v) is 4.79. The van der Waals surface area contributed by atoms with Gasteiger partial charge < -0.3 is 11.5 Å². The molecule has 0 amide bonds. The average molecular weight is 240 g/mol. The Morgan fingerprint density at radius 2 is 1.85 bits per heavy atom. The summed E-state index contributed by atoms with van der Waals surface area (Å²) in [7, 11) is 0. The van der Waals surface area contributed by atoms with Gasteiger partial charge in [-0.1, -0.05) is 34.8 Å². The molecule has 0 saturated carbocycles. The molecule has 0 fully saturated rings. The molecule has 0 bridgehead atoms. The zero-order valence-corrected chi connectivity index (χ0v) is 9.00. The van der Waals surface area contributed by atoms with Gasteiger partial charge in [0, 0.05) is 17.6 Å². The van der Waals surface area contributed by atoms with E-state index in [1.165, 1.54) is 0 Å². The van der Waals surface area contributed by atoms with Gasteiger partial charge in [-0.25, -0.2) is 0 Å². The van der Waals surface area contributed by atoms with Gasteiger partial charge in [-0.15, -0.1) is 0 Å². The van der Waals surface area contributed by atoms with Crippen molar-refractivity contribution in [3.8, 4) is 0 Å². The van der Waals surface area contributed by atoms with E-state index in [1.807, 2.05) is 0 Å². The molecular weight excluding hydrogens is 230 g/mol. The fraction of sp³-hybridized carbons (Fsp3) is 0.250. The van der Waals surface area contributed by atoms with Gasteiger partial charge in [0.1, 0.15) is 0 Å². The van der Waals surface area contributed by atoms with Crippen LogP contribution in [0.5, 0.6) is 0 Å². The predicted molar refractivity (Wildman–Crippen MR) is 57.5 cm³/mol. The number of rotatable bonds is 2. The van der Waals surface area contributed by atoms with Crippen LogP contribution in [0, 0.1) is 0 Å². The third-order valence-corrected chi connectivity index (χ3v) is 2.71. The summed E-state index contributed by atoms with van der Waals surface area (Å²) in [6, 6.07) is 2.91. The Labute approximate surface area is 91.8 Å². The maximum atomic E-state index is 5.91. The van der Waals surface area contributed by atoms with E-state index >= 15 is 0 Å². The van der Waals surface area contributed by atoms with Gasteiger partial charge in [-0.2, -0.15) is 0 Å². The standard InChI is InChI=1S/C8H9Cl3N2/c9-4-1-5(7(13)3-12)8(11)6(10)2-4/h1-2,7H,3,12-13H2/t7-/m0/s1. The summed E-state index contributed by atoms with van der Waals surface area (Å²) in [5.41, 5.74) is 11.8. The Hall–Kier alpha value is 0.01000. The lowest BCUT2D eigenvalue weighted by Crippen LogP contribution is -2.21. The van der Waals surface area contributed by atoms with Gasteiger partial charge >= 0.3 is 0 Å². The Morgan fingerprint density at radius 1 is 1.23 bits per heavy atom. The third kappa shape index (κ3) is 2.48. The molecule has 0 aliphatic heterocycles. The van der Waals surface area contributed by atoms with Crippen LogP contribution in [0.25, 0.3) is 0 Å². The van der Waals surface area contributed by atoms with Crippen LogP contribution in [-0.2, 0) is 0 Å². The van der Waals surface area contributed by atoms with Gasteiger partial charge in [-0.3, -0.25) is 0 Å². The van der Waals surface area contributed by atoms with E-state index in [1.54, 1.807) is 12.1 Å². The molecule has 2 nitrogen and oxygen atoms in total. The Bertz CT molecular complexity index is 315. The molecule has 1 aromatic carbocycles. The molecule has 0 aromatic heterocycles. The molecule has 5 heteroatoms. The lowest BCUT2D eigenvalue weighted by Gasteiger charge is -2.12. The highest BCUT2D eigenvalue weighted by Crippen LogP contribution is 2.32. The minimum absolute atomic E-state index is 0.302. The van der Waals surface area contributed by atoms with E-state index in [-0.39, 0.29) is 6.04 Å². The molecule has 0 radical (unpaired) electrons. The molecule has 0 unspecified atom stereocenters. The average Bonchev–Trinajstić information content (AvgIpc) is 2.10. The minimum Gasteiger partial charge on any atom is -0.329 e. The van der Waals surface area contributed by atoms with E-state index in [9.17, 15) is 0 Å². The number of halogens is 3. The van der Waals surface area contributed by atoms with E-state index < -0.39 is 0 Å². The van der Waals surface area contributed by atoms with Crippen molar-refractivity contribution in [2.75, 3.05) is 6.54 Å². The summed E-state index contributed by atoms with van der Waals surface area (Å²) in [6.07, 6.45) is 0. The van der Waals surface area contributed by atoms with Crippen LogP contribution in [-0.4, -0.2) is 6.54 Å². The number of hydrogen-bond acceptors (Lipinski definition) is 2. The molecule has 0 aliphatic carbocycles. The van der Waals surface area contributed by atoms with Crippen molar-refractivity contribution in [2.45, 2.75) is 6.04 Å². The monoisotopic (exact) mass is 238 g/mol. The van der Waals surface area contributed by atoms with E-state index in [4.69, 9.17) is 46.3 Å². The van der Waals surface area contributed by atoms with E-state index in [0.717, 1.165) is 0 Å². The van der Waals surface area contributed by atoms with Gasteiger partial charge in [0.2, 0.25) is 0 Å². The summed E-state index contributed by atoms with van der Waals surface area (Å²) in [4.78, 5) is 0. The van der Waals surface area contributed by atoms with Crippen LogP contribution in [0.3, 0.4) is 0 Å². The first kappa shape index (κ1) is 11.1. The maximum absolute atomic E-state index is 5.91. The predicted octanol–water partition coefficient (Wildman–Crippen LogP) is 2.61. The van der Waals surface area contributed by atoms with Crippen molar-refractivity contribution >= 4 is 34.8 Å². The zero-order valence-electron chi connectivity index (χ0n) is 6.73. The fourth-order valence-corrected chi connectivity index (χ4v) is 1.73. The maximum Gasteiger partial charge on any atom is 0.0641 e. The first-order chi connectivity index (χ1) is 6.06. The van der Waals surface area contributed by atoms with Crippen molar-refractivity contribution < 1.29 is 0 Å². The molecule has 0 heterocycles. The van der Waals surface area contributed by atoms with Crippen molar-refractivity contribution in [3.63, 3.8) is 0 Å². The second-order valence-electron chi connectivity index (χ2n) is 2.63. The number of hydrogen-bond donors (Lipinski definition) is 2. The summed E-state index contributed by atoms with van der Waals surface area (Å²) in [5, 5.41) is 1.32. The smallest absolute Gasteiger partial charge is 0.0641 e. The van der Waals surface area contributed by atoms with Gasteiger partial charge in [0.05, 0.1) is 10.0 Å². The number of benzene rings is 1. The highest BCUT2D eigenvalue weighted by Gasteiger charge is 2.12. The van der Waals surface area contributed by atoms with Crippen LogP contribution < -0.4 is 11.5 Å². The molecule has 72 valence electrons. The topological polar surface area (TPSA) is 52.0 Å². The lowest BCUT2D eigenvalue weighted by molar-refractivity contribution is 0.737. The molecule has 0 spiro atoms. The Morgan fingerprint density at radius 3 is 2.38 bits per heavy atom. The van der Waals surface area contributed by atoms with Crippen molar-refractivity contribution in [3.05, 3.63) is 32.8 Å². The molecule has 1 rings (SSSR count). The van der Waals surface area contributed by atoms with Crippen molar-refractivity contribution in [1.29, 1.82) is 0 Å². The van der Waals surface area contributed by atoms with Crippen LogP contribution in [0.4, 0.5) is 0 Å². The first-order valence-electron chi connectivity index (χ1n) is 3.66. The summed E-state index contributed by atoms with van der Waals surface area (Å²) in [5.74, 6) is 0. The molecular formula is C8H9Cl3N2. The zero-order chi connectivity index (χ0) is 10.0. The fourth-order valence-electron chi connectivity index (χ4n) is 0.973. The van der Waals surface area contributed by atoms with Crippen LogP contribution in [0.2, 0.25) is 15.1 Å². The largest absolute Gasteiger partial charge is 0.329 e. The van der Waals surface area contributed by atoms with Crippen molar-refractivity contribution in [1.82, 2.24) is 0 Å². The highest BCUT2D eigenvalue weighted by atomic mass is 35.5. The summed E-state index contributed by atoms with van der Waals surface area (Å²) < 4.78 is 0. The highest BCUT2D eigenvalue weighted by molar-refractivity contribution is 6.43. The molecule has 1 aromatic rings. The molecule has 0 aliphatic rings. The SMILES string of the molecule is NC[C@H](N)c1cc(Cl)cc(Cl)c1Cl. The normalized spacial score (nSPS) is 13.0. The van der Waals surface area contributed by atoms with E-state index in [0.29, 0.717) is 27.2 Å². The summed E-state index contributed by atoms with van der Waals surface area (Å²) in [6.45, 7) is 0.302. The lowest BCUT2D eigenvalue weighted by atomic mass is 10.1. The minimum atomic E-state index is -0.330. The van der Waals surface area contributed by atoms with Gasteiger partial charge in [0.25, 0.3) is 0 Å². The van der Waals surface area contributed by atoms with Crippen LogP contribution >= 0.6 is 34.8 Å². The van der Waals surface area contributed by atoms with Crippen molar-refractivity contribution in [2.24, 2.45) is 11.5 Å². The van der Waals surface area contributed by atoms with Crippen LogP contribution in [0.1, 0.15) is 11.6 Å². The molecule has 4 N–H and O–H groups in total. The molecule has 1 atom stereocenters. The Kier molecular flexibility index (Phi) is 3.83. The summed E-state index contributed by atoms with van der Waals surface area (Å²) >= 11 is 17.5.